The molecule has 152 valence electrons. The molecule has 0 fully saturated rings. The van der Waals surface area contributed by atoms with E-state index < -0.39 is 40.2 Å². The van der Waals surface area contributed by atoms with Gasteiger partial charge in [0.15, 0.2) is 11.5 Å². The second kappa shape index (κ2) is 7.38. The molecule has 0 spiro atoms. The zero-order chi connectivity index (χ0) is 21.3. The number of hydrogen-bond acceptors (Lipinski definition) is 5. The van der Waals surface area contributed by atoms with Crippen molar-refractivity contribution in [1.29, 1.82) is 0 Å². The van der Waals surface area contributed by atoms with E-state index in [-0.39, 0.29) is 22.4 Å². The Morgan fingerprint density at radius 3 is 2.34 bits per heavy atom. The number of alkyl halides is 3. The summed E-state index contributed by atoms with van der Waals surface area (Å²) < 4.78 is 49.6. The summed E-state index contributed by atoms with van der Waals surface area (Å²) in [5.74, 6) is -1.41. The SMILES string of the molecule is COc1cc2[nH]c(=O)c(C(=O)Nc3ccccc3C(F)(F)F)c(O)c2cc1OC. The molecule has 0 aliphatic heterocycles. The van der Waals surface area contributed by atoms with Crippen LogP contribution in [0.25, 0.3) is 10.9 Å². The maximum Gasteiger partial charge on any atom is 0.418 e. The maximum atomic E-state index is 13.1. The summed E-state index contributed by atoms with van der Waals surface area (Å²) in [5, 5.41) is 12.6. The van der Waals surface area contributed by atoms with Crippen LogP contribution in [0.2, 0.25) is 0 Å². The number of fused-ring (bicyclic) bond motifs is 1. The van der Waals surface area contributed by atoms with Crippen LogP contribution < -0.4 is 20.3 Å². The average Bonchev–Trinajstić information content (AvgIpc) is 2.66. The molecule has 10 heteroatoms. The first-order valence-electron chi connectivity index (χ1n) is 8.16. The van der Waals surface area contributed by atoms with Gasteiger partial charge in [0.25, 0.3) is 11.5 Å². The highest BCUT2D eigenvalue weighted by molar-refractivity contribution is 6.09. The van der Waals surface area contributed by atoms with Crippen molar-refractivity contribution in [1.82, 2.24) is 4.98 Å². The maximum absolute atomic E-state index is 13.1. The lowest BCUT2D eigenvalue weighted by Crippen LogP contribution is -2.24. The van der Waals surface area contributed by atoms with Crippen molar-refractivity contribution in [3.8, 4) is 17.2 Å². The number of hydrogen-bond donors (Lipinski definition) is 3. The summed E-state index contributed by atoms with van der Waals surface area (Å²) in [5.41, 5.74) is -3.20. The number of pyridine rings is 1. The largest absolute Gasteiger partial charge is 0.506 e. The minimum Gasteiger partial charge on any atom is -0.506 e. The van der Waals surface area contributed by atoms with Gasteiger partial charge in [-0.3, -0.25) is 9.59 Å². The van der Waals surface area contributed by atoms with Crippen LogP contribution in [0, 0.1) is 0 Å². The molecule has 0 radical (unpaired) electrons. The van der Waals surface area contributed by atoms with Crippen molar-refractivity contribution in [2.75, 3.05) is 19.5 Å². The molecule has 0 unspecified atom stereocenters. The molecule has 7 nitrogen and oxygen atoms in total. The zero-order valence-corrected chi connectivity index (χ0v) is 15.2. The number of methoxy groups -OCH3 is 2. The van der Waals surface area contributed by atoms with E-state index in [1.165, 1.54) is 38.5 Å². The van der Waals surface area contributed by atoms with Gasteiger partial charge in [0.05, 0.1) is 31.0 Å². The number of amides is 1. The van der Waals surface area contributed by atoms with Crippen LogP contribution in [0.3, 0.4) is 0 Å². The number of H-pyrrole nitrogens is 1. The van der Waals surface area contributed by atoms with E-state index in [2.05, 4.69) is 4.98 Å². The monoisotopic (exact) mass is 408 g/mol. The standard InChI is InChI=1S/C19H15F3N2O5/c1-28-13-7-9-12(8-14(13)29-2)24-18(27)15(16(9)25)17(26)23-11-6-4-3-5-10(11)19(20,21)22/h3-8H,1-2H3,(H,23,26)(H2,24,25,27). The molecule has 0 atom stereocenters. The van der Waals surface area contributed by atoms with E-state index in [0.717, 1.165) is 12.1 Å². The third kappa shape index (κ3) is 3.68. The predicted octanol–water partition coefficient (Wildman–Crippen LogP) is 3.52. The molecule has 3 rings (SSSR count). The minimum atomic E-state index is -4.72. The molecule has 1 aromatic heterocycles. The highest BCUT2D eigenvalue weighted by atomic mass is 19.4. The lowest BCUT2D eigenvalue weighted by Gasteiger charge is -2.14. The Hall–Kier alpha value is -3.69. The normalized spacial score (nSPS) is 11.3. The Morgan fingerprint density at radius 2 is 1.72 bits per heavy atom. The summed E-state index contributed by atoms with van der Waals surface area (Å²) in [6, 6.07) is 7.01. The van der Waals surface area contributed by atoms with Crippen LogP contribution in [0.15, 0.2) is 41.2 Å². The smallest absolute Gasteiger partial charge is 0.418 e. The Bertz CT molecular complexity index is 1160. The fourth-order valence-electron chi connectivity index (χ4n) is 2.84. The van der Waals surface area contributed by atoms with Crippen LogP contribution in [-0.2, 0) is 6.18 Å². The highest BCUT2D eigenvalue weighted by Gasteiger charge is 2.34. The van der Waals surface area contributed by atoms with Crippen molar-refractivity contribution in [3.05, 3.63) is 57.9 Å². The number of carbonyl (C=O) groups is 1. The molecule has 0 saturated heterocycles. The second-order valence-electron chi connectivity index (χ2n) is 5.93. The number of aromatic nitrogens is 1. The summed E-state index contributed by atoms with van der Waals surface area (Å²) in [6.07, 6.45) is -4.72. The topological polar surface area (TPSA) is 101 Å². The van der Waals surface area contributed by atoms with Gasteiger partial charge >= 0.3 is 6.18 Å². The molecule has 3 N–H and O–H groups in total. The van der Waals surface area contributed by atoms with Gasteiger partial charge in [-0.1, -0.05) is 12.1 Å². The van der Waals surface area contributed by atoms with Crippen LogP contribution in [0.5, 0.6) is 17.2 Å². The zero-order valence-electron chi connectivity index (χ0n) is 15.2. The Labute approximate surface area is 161 Å². The lowest BCUT2D eigenvalue weighted by atomic mass is 10.1. The summed E-state index contributed by atoms with van der Waals surface area (Å²) in [6.45, 7) is 0. The van der Waals surface area contributed by atoms with Gasteiger partial charge in [-0.15, -0.1) is 0 Å². The molecular formula is C19H15F3N2O5. The summed E-state index contributed by atoms with van der Waals surface area (Å²) in [4.78, 5) is 27.3. The summed E-state index contributed by atoms with van der Waals surface area (Å²) >= 11 is 0. The Balaban J connectivity index is 2.11. The third-order valence-corrected chi connectivity index (χ3v) is 4.20. The minimum absolute atomic E-state index is 0.0523. The molecular weight excluding hydrogens is 393 g/mol. The first-order valence-corrected chi connectivity index (χ1v) is 8.16. The van der Waals surface area contributed by atoms with E-state index in [0.29, 0.717) is 0 Å². The van der Waals surface area contributed by atoms with Crippen molar-refractivity contribution in [3.63, 3.8) is 0 Å². The van der Waals surface area contributed by atoms with Crippen LogP contribution in [0.4, 0.5) is 18.9 Å². The molecule has 1 amide bonds. The van der Waals surface area contributed by atoms with Gasteiger partial charge in [-0.2, -0.15) is 13.2 Å². The molecule has 1 heterocycles. The number of nitrogens with one attached hydrogen (secondary N) is 2. The molecule has 0 bridgehead atoms. The van der Waals surface area contributed by atoms with Gasteiger partial charge in [0, 0.05) is 11.5 Å². The number of anilines is 1. The predicted molar refractivity (Wildman–Crippen MR) is 98.7 cm³/mol. The van der Waals surface area contributed by atoms with Gasteiger partial charge in [-0.25, -0.2) is 0 Å². The van der Waals surface area contributed by atoms with E-state index in [4.69, 9.17) is 9.47 Å². The van der Waals surface area contributed by atoms with E-state index in [1.807, 2.05) is 5.32 Å². The van der Waals surface area contributed by atoms with E-state index in [1.54, 1.807) is 0 Å². The highest BCUT2D eigenvalue weighted by Crippen LogP contribution is 2.37. The van der Waals surface area contributed by atoms with Crippen LogP contribution in [-0.4, -0.2) is 30.2 Å². The number of aromatic amines is 1. The van der Waals surface area contributed by atoms with Crippen molar-refractivity contribution in [2.24, 2.45) is 0 Å². The fraction of sp³-hybridized carbons (Fsp3) is 0.158. The number of ether oxygens (including phenoxy) is 2. The molecule has 0 aliphatic rings. The third-order valence-electron chi connectivity index (χ3n) is 4.20. The van der Waals surface area contributed by atoms with Gasteiger partial charge in [0.2, 0.25) is 0 Å². The number of carbonyl (C=O) groups excluding carboxylic acids is 1. The van der Waals surface area contributed by atoms with Crippen molar-refractivity contribution < 1.29 is 32.5 Å². The lowest BCUT2D eigenvalue weighted by molar-refractivity contribution is -0.136. The molecule has 29 heavy (non-hydrogen) atoms. The average molecular weight is 408 g/mol. The first kappa shape index (κ1) is 20.1. The molecule has 0 aliphatic carbocycles. The second-order valence-corrected chi connectivity index (χ2v) is 5.93. The molecule has 0 saturated carbocycles. The van der Waals surface area contributed by atoms with Crippen LogP contribution >= 0.6 is 0 Å². The molecule has 3 aromatic rings. The number of benzene rings is 2. The Kier molecular flexibility index (Phi) is 5.10. The van der Waals surface area contributed by atoms with Crippen LogP contribution in [0.1, 0.15) is 15.9 Å². The number of para-hydroxylation sites is 1. The fourth-order valence-corrected chi connectivity index (χ4v) is 2.84. The summed E-state index contributed by atoms with van der Waals surface area (Å²) in [7, 11) is 2.73. The molecule has 2 aromatic carbocycles. The number of halogens is 3. The first-order chi connectivity index (χ1) is 13.7. The van der Waals surface area contributed by atoms with Gasteiger partial charge in [0.1, 0.15) is 11.3 Å². The van der Waals surface area contributed by atoms with Gasteiger partial charge < -0.3 is 24.9 Å². The van der Waals surface area contributed by atoms with Gasteiger partial charge in [-0.05, 0) is 18.2 Å². The van der Waals surface area contributed by atoms with E-state index >= 15 is 0 Å². The quantitative estimate of drug-likeness (QED) is 0.613. The Morgan fingerprint density at radius 1 is 1.10 bits per heavy atom. The van der Waals surface area contributed by atoms with Crippen molar-refractivity contribution in [2.45, 2.75) is 6.18 Å². The van der Waals surface area contributed by atoms with E-state index in [9.17, 15) is 27.9 Å². The number of rotatable bonds is 4. The van der Waals surface area contributed by atoms with Crippen molar-refractivity contribution >= 4 is 22.5 Å². The number of aromatic hydroxyl groups is 1.